The van der Waals surface area contributed by atoms with Gasteiger partial charge in [-0.1, -0.05) is 48.2 Å². The summed E-state index contributed by atoms with van der Waals surface area (Å²) in [7, 11) is 0. The Morgan fingerprint density at radius 1 is 0.962 bits per heavy atom. The predicted octanol–water partition coefficient (Wildman–Crippen LogP) is 5.06. The van der Waals surface area contributed by atoms with E-state index < -0.39 is 0 Å². The van der Waals surface area contributed by atoms with Gasteiger partial charge in [-0.15, -0.1) is 10.2 Å². The first-order valence-electron chi connectivity index (χ1n) is 8.79. The number of rotatable bonds is 6. The highest BCUT2D eigenvalue weighted by atomic mass is 32.2. The molecule has 0 aliphatic rings. The molecule has 0 spiro atoms. The molecule has 0 unspecified atom stereocenters. The van der Waals surface area contributed by atoms with E-state index in [1.807, 2.05) is 30.3 Å². The lowest BCUT2D eigenvalue weighted by Crippen LogP contribution is -2.00. The monoisotopic (exact) mass is 363 g/mol. The van der Waals surface area contributed by atoms with Crippen LogP contribution in [0.2, 0.25) is 0 Å². The van der Waals surface area contributed by atoms with Crippen molar-refractivity contribution in [2.24, 2.45) is 0 Å². The molecule has 132 valence electrons. The van der Waals surface area contributed by atoms with Crippen LogP contribution in [-0.4, -0.2) is 27.0 Å². The van der Waals surface area contributed by atoms with Crippen LogP contribution >= 0.6 is 11.8 Å². The first kappa shape index (κ1) is 16.9. The van der Waals surface area contributed by atoms with Gasteiger partial charge in [-0.3, -0.25) is 4.40 Å². The number of benzene rings is 2. The molecule has 0 fully saturated rings. The third-order valence-corrected chi connectivity index (χ3v) is 5.44. The molecule has 0 N–H and O–H groups in total. The Morgan fingerprint density at radius 3 is 2.65 bits per heavy atom. The fourth-order valence-corrected chi connectivity index (χ4v) is 4.01. The Labute approximate surface area is 157 Å². The van der Waals surface area contributed by atoms with Crippen LogP contribution in [0.4, 0.5) is 0 Å². The van der Waals surface area contributed by atoms with Crippen molar-refractivity contribution < 1.29 is 4.74 Å². The molecule has 4 nitrogen and oxygen atoms in total. The summed E-state index contributed by atoms with van der Waals surface area (Å²) in [5.74, 6) is 1.86. The van der Waals surface area contributed by atoms with E-state index in [2.05, 4.69) is 52.7 Å². The van der Waals surface area contributed by atoms with Crippen molar-refractivity contribution in [1.82, 2.24) is 14.6 Å². The van der Waals surface area contributed by atoms with Gasteiger partial charge in [0.2, 0.25) is 0 Å². The summed E-state index contributed by atoms with van der Waals surface area (Å²) in [5, 5.41) is 11.0. The molecule has 2 aromatic heterocycles. The molecule has 0 atom stereocenters. The number of para-hydroxylation sites is 2. The average molecular weight is 363 g/mol. The number of fused-ring (bicyclic) bond motifs is 3. The fraction of sp³-hybridized carbons (Fsp3) is 0.238. The van der Waals surface area contributed by atoms with E-state index >= 15 is 0 Å². The lowest BCUT2D eigenvalue weighted by Gasteiger charge is -2.10. The van der Waals surface area contributed by atoms with Gasteiger partial charge in [0, 0.05) is 11.1 Å². The van der Waals surface area contributed by atoms with Crippen molar-refractivity contribution in [3.63, 3.8) is 0 Å². The van der Waals surface area contributed by atoms with Gasteiger partial charge in [0.1, 0.15) is 5.75 Å². The van der Waals surface area contributed by atoms with Crippen molar-refractivity contribution >= 4 is 28.3 Å². The number of ether oxygens (including phenoxy) is 1. The van der Waals surface area contributed by atoms with Crippen LogP contribution in [-0.2, 0) is 0 Å². The zero-order chi connectivity index (χ0) is 17.9. The van der Waals surface area contributed by atoms with Crippen LogP contribution in [0.3, 0.4) is 0 Å². The molecule has 4 rings (SSSR count). The van der Waals surface area contributed by atoms with Crippen LogP contribution in [0.1, 0.15) is 17.5 Å². The number of thioether (sulfide) groups is 1. The smallest absolute Gasteiger partial charge is 0.196 e. The van der Waals surface area contributed by atoms with Gasteiger partial charge in [0.15, 0.2) is 10.8 Å². The van der Waals surface area contributed by atoms with E-state index in [1.165, 1.54) is 22.0 Å². The Balaban J connectivity index is 1.50. The summed E-state index contributed by atoms with van der Waals surface area (Å²) in [6.07, 6.45) is 0.956. The van der Waals surface area contributed by atoms with Crippen molar-refractivity contribution in [3.8, 4) is 5.75 Å². The van der Waals surface area contributed by atoms with Gasteiger partial charge in [-0.05, 0) is 49.6 Å². The molecule has 4 aromatic rings. The number of hydrogen-bond acceptors (Lipinski definition) is 4. The van der Waals surface area contributed by atoms with Crippen molar-refractivity contribution in [1.29, 1.82) is 0 Å². The lowest BCUT2D eigenvalue weighted by atomic mass is 10.1. The third kappa shape index (κ3) is 3.27. The molecule has 5 heteroatoms. The largest absolute Gasteiger partial charge is 0.494 e. The van der Waals surface area contributed by atoms with Gasteiger partial charge in [0.25, 0.3) is 0 Å². The van der Waals surface area contributed by atoms with E-state index in [-0.39, 0.29) is 0 Å². The van der Waals surface area contributed by atoms with Crippen molar-refractivity contribution in [2.45, 2.75) is 25.4 Å². The van der Waals surface area contributed by atoms with E-state index in [0.29, 0.717) is 6.61 Å². The summed E-state index contributed by atoms with van der Waals surface area (Å²) < 4.78 is 7.94. The number of aryl methyl sites for hydroxylation is 2. The summed E-state index contributed by atoms with van der Waals surface area (Å²) in [5.41, 5.74) is 4.59. The zero-order valence-corrected chi connectivity index (χ0v) is 15.8. The molecule has 26 heavy (non-hydrogen) atoms. The third-order valence-electron chi connectivity index (χ3n) is 4.42. The normalized spacial score (nSPS) is 11.3. The molecule has 0 bridgehead atoms. The topological polar surface area (TPSA) is 39.4 Å². The maximum atomic E-state index is 5.76. The van der Waals surface area contributed by atoms with E-state index in [0.717, 1.165) is 28.7 Å². The minimum Gasteiger partial charge on any atom is -0.494 e. The first-order chi connectivity index (χ1) is 12.7. The number of hydrogen-bond donors (Lipinski definition) is 0. The molecular weight excluding hydrogens is 342 g/mol. The second-order valence-electron chi connectivity index (χ2n) is 6.34. The summed E-state index contributed by atoms with van der Waals surface area (Å²) in [6, 6.07) is 18.5. The van der Waals surface area contributed by atoms with E-state index in [9.17, 15) is 0 Å². The predicted molar refractivity (Wildman–Crippen MR) is 107 cm³/mol. The van der Waals surface area contributed by atoms with Crippen LogP contribution in [0, 0.1) is 13.8 Å². The molecule has 0 saturated carbocycles. The standard InChI is InChI=1S/C21H21N3OS/c1-15-8-6-11-18-16(2)14-19-22-23-21(24(19)20(15)18)26-13-7-12-25-17-9-4-3-5-10-17/h3-6,8-11,14H,7,12-13H2,1-2H3. The van der Waals surface area contributed by atoms with Gasteiger partial charge in [-0.2, -0.15) is 0 Å². The lowest BCUT2D eigenvalue weighted by molar-refractivity contribution is 0.318. The zero-order valence-electron chi connectivity index (χ0n) is 15.0. The molecular formula is C21H21N3OS. The fourth-order valence-electron chi connectivity index (χ4n) is 3.15. The summed E-state index contributed by atoms with van der Waals surface area (Å²) >= 11 is 1.73. The highest BCUT2D eigenvalue weighted by Gasteiger charge is 2.12. The highest BCUT2D eigenvalue weighted by Crippen LogP contribution is 2.28. The van der Waals surface area contributed by atoms with E-state index in [1.54, 1.807) is 11.8 Å². The van der Waals surface area contributed by atoms with Gasteiger partial charge >= 0.3 is 0 Å². The first-order valence-corrected chi connectivity index (χ1v) is 9.77. The Morgan fingerprint density at radius 2 is 1.81 bits per heavy atom. The van der Waals surface area contributed by atoms with E-state index in [4.69, 9.17) is 4.74 Å². The van der Waals surface area contributed by atoms with Gasteiger partial charge in [-0.25, -0.2) is 0 Å². The van der Waals surface area contributed by atoms with Crippen LogP contribution in [0.15, 0.2) is 59.8 Å². The highest BCUT2D eigenvalue weighted by molar-refractivity contribution is 7.99. The van der Waals surface area contributed by atoms with Crippen LogP contribution in [0.25, 0.3) is 16.6 Å². The maximum Gasteiger partial charge on any atom is 0.196 e. The van der Waals surface area contributed by atoms with Crippen LogP contribution in [0.5, 0.6) is 5.75 Å². The van der Waals surface area contributed by atoms with Gasteiger partial charge in [0.05, 0.1) is 12.1 Å². The quantitative estimate of drug-likeness (QED) is 0.354. The van der Waals surface area contributed by atoms with Crippen LogP contribution < -0.4 is 4.74 Å². The molecule has 2 aromatic carbocycles. The van der Waals surface area contributed by atoms with Gasteiger partial charge < -0.3 is 4.74 Å². The Kier molecular flexibility index (Phi) is 4.80. The molecule has 0 radical (unpaired) electrons. The minimum atomic E-state index is 0.701. The second-order valence-corrected chi connectivity index (χ2v) is 7.40. The Bertz CT molecular complexity index is 1040. The molecule has 2 heterocycles. The van der Waals surface area contributed by atoms with Crippen molar-refractivity contribution in [3.05, 3.63) is 65.7 Å². The molecule has 0 aliphatic carbocycles. The molecule has 0 amide bonds. The van der Waals surface area contributed by atoms with Crippen molar-refractivity contribution in [2.75, 3.05) is 12.4 Å². The number of nitrogens with zero attached hydrogens (tertiary/aromatic N) is 3. The average Bonchev–Trinajstić information content (AvgIpc) is 3.05. The molecule has 0 aliphatic heterocycles. The maximum absolute atomic E-state index is 5.76. The SMILES string of the molecule is Cc1cc2nnc(SCCCOc3ccccc3)n2c2c(C)cccc12. The number of pyridine rings is 1. The second kappa shape index (κ2) is 7.38. The minimum absolute atomic E-state index is 0.701. The molecule has 0 saturated heterocycles. The summed E-state index contributed by atoms with van der Waals surface area (Å²) in [6.45, 7) is 4.97. The Hall–Kier alpha value is -2.53. The number of aromatic nitrogens is 3. The summed E-state index contributed by atoms with van der Waals surface area (Å²) in [4.78, 5) is 0.